The van der Waals surface area contributed by atoms with Crippen LogP contribution >= 0.6 is 0 Å². The number of H-pyrrole nitrogens is 1. The molecular formula is C14H24N4O4. The highest BCUT2D eigenvalue weighted by Gasteiger charge is 2.20. The number of hydrogen-bond acceptors (Lipinski definition) is 6. The highest BCUT2D eigenvalue weighted by atomic mass is 16.6. The zero-order valence-corrected chi connectivity index (χ0v) is 13.4. The number of nitrogens with zero attached hydrogens (tertiary/aromatic N) is 1. The summed E-state index contributed by atoms with van der Waals surface area (Å²) in [6.07, 6.45) is 3.18. The first-order valence-electron chi connectivity index (χ1n) is 7.07. The average molecular weight is 312 g/mol. The number of aromatic nitrogens is 2. The van der Waals surface area contributed by atoms with Gasteiger partial charge in [-0.1, -0.05) is 0 Å². The predicted molar refractivity (Wildman–Crippen MR) is 80.3 cm³/mol. The van der Waals surface area contributed by atoms with E-state index in [9.17, 15) is 9.59 Å². The summed E-state index contributed by atoms with van der Waals surface area (Å²) in [5.41, 5.74) is 0.217. The SMILES string of the molecule is COC(=O)[C@@H](Cc1c[nH]cn1)NCCNC(=O)OC(C)(C)C. The Balaban J connectivity index is 2.35. The van der Waals surface area contributed by atoms with Crippen molar-refractivity contribution < 1.29 is 19.1 Å². The topological polar surface area (TPSA) is 105 Å². The van der Waals surface area contributed by atoms with Gasteiger partial charge in [-0.2, -0.15) is 0 Å². The average Bonchev–Trinajstić information content (AvgIpc) is 2.92. The van der Waals surface area contributed by atoms with Gasteiger partial charge in [0.2, 0.25) is 0 Å². The summed E-state index contributed by atoms with van der Waals surface area (Å²) in [4.78, 5) is 30.1. The molecule has 0 aromatic carbocycles. The van der Waals surface area contributed by atoms with E-state index < -0.39 is 17.7 Å². The number of rotatable bonds is 7. The van der Waals surface area contributed by atoms with E-state index in [1.54, 1.807) is 33.3 Å². The second kappa shape index (κ2) is 8.38. The van der Waals surface area contributed by atoms with Crippen molar-refractivity contribution in [3.05, 3.63) is 18.2 Å². The Morgan fingerprint density at radius 3 is 2.64 bits per heavy atom. The number of carbonyl (C=O) groups is 2. The molecule has 0 radical (unpaired) electrons. The third-order valence-corrected chi connectivity index (χ3v) is 2.64. The lowest BCUT2D eigenvalue weighted by Gasteiger charge is -2.20. The van der Waals surface area contributed by atoms with Gasteiger partial charge in [-0.3, -0.25) is 4.79 Å². The number of methoxy groups -OCH3 is 1. The molecule has 0 fully saturated rings. The molecule has 1 rings (SSSR count). The van der Waals surface area contributed by atoms with Crippen molar-refractivity contribution in [3.63, 3.8) is 0 Å². The number of hydrogen-bond donors (Lipinski definition) is 3. The Morgan fingerprint density at radius 2 is 2.09 bits per heavy atom. The molecule has 1 amide bonds. The number of nitrogens with one attached hydrogen (secondary N) is 3. The molecule has 1 aromatic rings. The monoisotopic (exact) mass is 312 g/mol. The maximum absolute atomic E-state index is 11.7. The van der Waals surface area contributed by atoms with E-state index in [1.807, 2.05) is 0 Å². The van der Waals surface area contributed by atoms with E-state index in [-0.39, 0.29) is 5.97 Å². The predicted octanol–water partition coefficient (Wildman–Crippen LogP) is 0.608. The van der Waals surface area contributed by atoms with Gasteiger partial charge >= 0.3 is 12.1 Å². The normalized spacial score (nSPS) is 12.5. The lowest BCUT2D eigenvalue weighted by molar-refractivity contribution is -0.143. The lowest BCUT2D eigenvalue weighted by atomic mass is 10.1. The van der Waals surface area contributed by atoms with Gasteiger partial charge in [0.25, 0.3) is 0 Å². The van der Waals surface area contributed by atoms with E-state index in [2.05, 4.69) is 20.6 Å². The number of carbonyl (C=O) groups excluding carboxylic acids is 2. The first-order valence-corrected chi connectivity index (χ1v) is 7.07. The summed E-state index contributed by atoms with van der Waals surface area (Å²) in [6.45, 7) is 6.12. The minimum atomic E-state index is -0.536. The van der Waals surface area contributed by atoms with Crippen LogP contribution in [0, 0.1) is 0 Å². The smallest absolute Gasteiger partial charge is 0.407 e. The molecule has 0 spiro atoms. The Hall–Kier alpha value is -2.09. The fourth-order valence-electron chi connectivity index (χ4n) is 1.72. The molecule has 0 aliphatic heterocycles. The Bertz CT molecular complexity index is 468. The fourth-order valence-corrected chi connectivity index (χ4v) is 1.72. The maximum atomic E-state index is 11.7. The van der Waals surface area contributed by atoms with Gasteiger partial charge in [0.05, 0.1) is 19.1 Å². The molecule has 0 aliphatic carbocycles. The second-order valence-corrected chi connectivity index (χ2v) is 5.72. The molecule has 1 aromatic heterocycles. The maximum Gasteiger partial charge on any atom is 0.407 e. The number of esters is 1. The van der Waals surface area contributed by atoms with E-state index in [1.165, 1.54) is 7.11 Å². The molecule has 0 bridgehead atoms. The highest BCUT2D eigenvalue weighted by Crippen LogP contribution is 2.06. The molecule has 8 heteroatoms. The third-order valence-electron chi connectivity index (χ3n) is 2.64. The van der Waals surface area contributed by atoms with Gasteiger partial charge in [0, 0.05) is 25.7 Å². The minimum absolute atomic E-state index is 0.336. The molecule has 3 N–H and O–H groups in total. The van der Waals surface area contributed by atoms with Crippen molar-refractivity contribution in [2.24, 2.45) is 0 Å². The van der Waals surface area contributed by atoms with E-state index >= 15 is 0 Å². The standard InChI is InChI=1S/C14H24N4O4/c1-14(2,3)22-13(20)17-6-5-16-11(12(19)21-4)7-10-8-15-9-18-10/h8-9,11,16H,5-7H2,1-4H3,(H,15,18)(H,17,20)/t11-/m1/s1. The molecule has 1 atom stereocenters. The summed E-state index contributed by atoms with van der Waals surface area (Å²) in [7, 11) is 1.33. The minimum Gasteiger partial charge on any atom is -0.468 e. The molecular weight excluding hydrogens is 288 g/mol. The van der Waals surface area contributed by atoms with Gasteiger partial charge in [0.15, 0.2) is 0 Å². The van der Waals surface area contributed by atoms with Crippen LogP contribution in [0.5, 0.6) is 0 Å². The van der Waals surface area contributed by atoms with Crippen LogP contribution in [-0.4, -0.2) is 53.9 Å². The first kappa shape index (κ1) is 18.0. The summed E-state index contributed by atoms with van der Waals surface area (Å²) >= 11 is 0. The molecule has 0 unspecified atom stereocenters. The van der Waals surface area contributed by atoms with E-state index in [4.69, 9.17) is 9.47 Å². The Kier molecular flexibility index (Phi) is 6.84. The van der Waals surface area contributed by atoms with Crippen molar-refractivity contribution in [1.82, 2.24) is 20.6 Å². The van der Waals surface area contributed by atoms with Gasteiger partial charge in [-0.15, -0.1) is 0 Å². The molecule has 1 heterocycles. The van der Waals surface area contributed by atoms with Crippen LogP contribution in [0.1, 0.15) is 26.5 Å². The van der Waals surface area contributed by atoms with Crippen molar-refractivity contribution >= 4 is 12.1 Å². The van der Waals surface area contributed by atoms with Crippen molar-refractivity contribution in [2.45, 2.75) is 38.8 Å². The zero-order chi connectivity index (χ0) is 16.6. The molecule has 8 nitrogen and oxygen atoms in total. The van der Waals surface area contributed by atoms with Crippen LogP contribution in [0.3, 0.4) is 0 Å². The highest BCUT2D eigenvalue weighted by molar-refractivity contribution is 5.76. The largest absolute Gasteiger partial charge is 0.468 e. The van der Waals surface area contributed by atoms with Crippen LogP contribution in [-0.2, 0) is 20.7 Å². The van der Waals surface area contributed by atoms with E-state index in [0.29, 0.717) is 19.5 Å². The van der Waals surface area contributed by atoms with Crippen molar-refractivity contribution in [1.29, 1.82) is 0 Å². The Morgan fingerprint density at radius 1 is 1.36 bits per heavy atom. The van der Waals surface area contributed by atoms with Crippen molar-refractivity contribution in [2.75, 3.05) is 20.2 Å². The summed E-state index contributed by atoms with van der Waals surface area (Å²) in [6, 6.07) is -0.520. The van der Waals surface area contributed by atoms with Crippen LogP contribution < -0.4 is 10.6 Å². The zero-order valence-electron chi connectivity index (χ0n) is 13.4. The fraction of sp³-hybridized carbons (Fsp3) is 0.643. The lowest BCUT2D eigenvalue weighted by Crippen LogP contribution is -2.44. The van der Waals surface area contributed by atoms with Gasteiger partial charge < -0.3 is 25.1 Å². The second-order valence-electron chi connectivity index (χ2n) is 5.72. The van der Waals surface area contributed by atoms with Crippen LogP contribution in [0.4, 0.5) is 4.79 Å². The van der Waals surface area contributed by atoms with Gasteiger partial charge in [-0.05, 0) is 20.8 Å². The molecule has 22 heavy (non-hydrogen) atoms. The number of imidazole rings is 1. The third kappa shape index (κ3) is 7.07. The molecule has 0 aliphatic rings. The quantitative estimate of drug-likeness (QED) is 0.503. The van der Waals surface area contributed by atoms with Crippen LogP contribution in [0.25, 0.3) is 0 Å². The number of amides is 1. The van der Waals surface area contributed by atoms with Crippen LogP contribution in [0.2, 0.25) is 0 Å². The summed E-state index contributed by atoms with van der Waals surface area (Å²) < 4.78 is 9.87. The van der Waals surface area contributed by atoms with Gasteiger partial charge in [-0.25, -0.2) is 9.78 Å². The first-order chi connectivity index (χ1) is 10.3. The number of aromatic amines is 1. The molecule has 124 valence electrons. The summed E-state index contributed by atoms with van der Waals surface area (Å²) in [5.74, 6) is -0.375. The molecule has 0 saturated heterocycles. The van der Waals surface area contributed by atoms with E-state index in [0.717, 1.165) is 5.69 Å². The number of ether oxygens (including phenoxy) is 2. The Labute approximate surface area is 130 Å². The summed E-state index contributed by atoms with van der Waals surface area (Å²) in [5, 5.41) is 5.64. The number of alkyl carbamates (subject to hydrolysis) is 1. The van der Waals surface area contributed by atoms with Crippen molar-refractivity contribution in [3.8, 4) is 0 Å². The van der Waals surface area contributed by atoms with Gasteiger partial charge in [0.1, 0.15) is 11.6 Å². The molecule has 0 saturated carbocycles. The van der Waals surface area contributed by atoms with Crippen LogP contribution in [0.15, 0.2) is 12.5 Å².